The molecule has 2 N–H and O–H groups in total. The standard InChI is InChI=1S/C11H22N4O2S/c1-9(2)6-15-11(13-8-14-15)7-18(16,17)10(3)4-5-12/h8-10H,4-7,12H2,1-3H3. The van der Waals surface area contributed by atoms with Crippen molar-refractivity contribution < 1.29 is 8.42 Å². The van der Waals surface area contributed by atoms with Crippen LogP contribution < -0.4 is 5.73 Å². The lowest BCUT2D eigenvalue weighted by molar-refractivity contribution is 0.469. The Morgan fingerprint density at radius 2 is 2.06 bits per heavy atom. The van der Waals surface area contributed by atoms with Crippen molar-refractivity contribution >= 4 is 9.84 Å². The minimum Gasteiger partial charge on any atom is -0.330 e. The Bertz CT molecular complexity index is 467. The van der Waals surface area contributed by atoms with Crippen molar-refractivity contribution in [2.45, 2.75) is 44.7 Å². The summed E-state index contributed by atoms with van der Waals surface area (Å²) in [6.45, 7) is 6.84. The van der Waals surface area contributed by atoms with Gasteiger partial charge < -0.3 is 5.73 Å². The van der Waals surface area contributed by atoms with E-state index in [0.717, 1.165) is 0 Å². The first kappa shape index (κ1) is 15.1. The van der Waals surface area contributed by atoms with Gasteiger partial charge in [-0.3, -0.25) is 0 Å². The molecule has 0 bridgehead atoms. The van der Waals surface area contributed by atoms with Crippen molar-refractivity contribution in [2.24, 2.45) is 11.7 Å². The highest BCUT2D eigenvalue weighted by molar-refractivity contribution is 7.91. The summed E-state index contributed by atoms with van der Waals surface area (Å²) in [6, 6.07) is 0. The number of hydrogen-bond donors (Lipinski definition) is 1. The Hall–Kier alpha value is -0.950. The van der Waals surface area contributed by atoms with Crippen molar-refractivity contribution in [1.29, 1.82) is 0 Å². The Labute approximate surface area is 109 Å². The van der Waals surface area contributed by atoms with Crippen LogP contribution in [0.4, 0.5) is 0 Å². The zero-order valence-corrected chi connectivity index (χ0v) is 12.0. The van der Waals surface area contributed by atoms with Crippen LogP contribution in [0.5, 0.6) is 0 Å². The number of sulfone groups is 1. The van der Waals surface area contributed by atoms with E-state index in [4.69, 9.17) is 5.73 Å². The molecule has 1 aromatic heterocycles. The van der Waals surface area contributed by atoms with E-state index in [1.807, 2.05) is 0 Å². The van der Waals surface area contributed by atoms with E-state index in [-0.39, 0.29) is 5.75 Å². The third kappa shape index (κ3) is 4.06. The van der Waals surface area contributed by atoms with Gasteiger partial charge in [-0.1, -0.05) is 13.8 Å². The molecule has 0 radical (unpaired) electrons. The molecule has 0 spiro atoms. The van der Waals surface area contributed by atoms with Crippen LogP contribution in [0.1, 0.15) is 33.0 Å². The van der Waals surface area contributed by atoms with Gasteiger partial charge in [0, 0.05) is 6.54 Å². The van der Waals surface area contributed by atoms with Gasteiger partial charge in [0.05, 0.1) is 5.25 Å². The molecule has 0 fully saturated rings. The van der Waals surface area contributed by atoms with Gasteiger partial charge in [0.15, 0.2) is 9.84 Å². The molecule has 0 aromatic carbocycles. The van der Waals surface area contributed by atoms with Gasteiger partial charge in [0.2, 0.25) is 0 Å². The van der Waals surface area contributed by atoms with Gasteiger partial charge in [-0.15, -0.1) is 0 Å². The van der Waals surface area contributed by atoms with Crippen LogP contribution >= 0.6 is 0 Å². The van der Waals surface area contributed by atoms with Gasteiger partial charge in [-0.25, -0.2) is 18.1 Å². The molecule has 7 heteroatoms. The summed E-state index contributed by atoms with van der Waals surface area (Å²) in [5.41, 5.74) is 5.40. The fraction of sp³-hybridized carbons (Fsp3) is 0.818. The van der Waals surface area contributed by atoms with E-state index >= 15 is 0 Å². The smallest absolute Gasteiger partial charge is 0.160 e. The molecule has 104 valence electrons. The summed E-state index contributed by atoms with van der Waals surface area (Å²) < 4.78 is 25.8. The highest BCUT2D eigenvalue weighted by Gasteiger charge is 2.23. The van der Waals surface area contributed by atoms with Crippen molar-refractivity contribution in [3.8, 4) is 0 Å². The highest BCUT2D eigenvalue weighted by atomic mass is 32.2. The van der Waals surface area contributed by atoms with Crippen LogP contribution in [0.3, 0.4) is 0 Å². The second kappa shape index (κ2) is 6.29. The average Bonchev–Trinajstić information content (AvgIpc) is 2.64. The number of nitrogens with zero attached hydrogens (tertiary/aromatic N) is 3. The van der Waals surface area contributed by atoms with Crippen LogP contribution in [0.25, 0.3) is 0 Å². The van der Waals surface area contributed by atoms with Gasteiger partial charge in [0.1, 0.15) is 17.9 Å². The Kier molecular flexibility index (Phi) is 5.28. The lowest BCUT2D eigenvalue weighted by Gasteiger charge is -2.13. The first-order valence-corrected chi connectivity index (χ1v) is 7.86. The van der Waals surface area contributed by atoms with Gasteiger partial charge >= 0.3 is 0 Å². The number of aromatic nitrogens is 3. The van der Waals surface area contributed by atoms with Gasteiger partial charge in [-0.2, -0.15) is 5.10 Å². The minimum atomic E-state index is -3.21. The summed E-state index contributed by atoms with van der Waals surface area (Å²) in [5.74, 6) is 0.836. The molecular weight excluding hydrogens is 252 g/mol. The summed E-state index contributed by atoms with van der Waals surface area (Å²) in [4.78, 5) is 4.04. The van der Waals surface area contributed by atoms with Crippen LogP contribution in [0.15, 0.2) is 6.33 Å². The molecule has 0 aliphatic carbocycles. The summed E-state index contributed by atoms with van der Waals surface area (Å²) in [5, 5.41) is 3.62. The molecule has 1 unspecified atom stereocenters. The van der Waals surface area contributed by atoms with Crippen molar-refractivity contribution in [1.82, 2.24) is 14.8 Å². The van der Waals surface area contributed by atoms with E-state index in [9.17, 15) is 8.42 Å². The summed E-state index contributed by atoms with van der Waals surface area (Å²) in [6.07, 6.45) is 1.88. The topological polar surface area (TPSA) is 90.9 Å². The Morgan fingerprint density at radius 1 is 1.39 bits per heavy atom. The molecule has 0 aliphatic rings. The van der Waals surface area contributed by atoms with E-state index in [0.29, 0.717) is 31.3 Å². The first-order valence-electron chi connectivity index (χ1n) is 6.15. The van der Waals surface area contributed by atoms with Crippen molar-refractivity contribution in [2.75, 3.05) is 6.54 Å². The minimum absolute atomic E-state index is 0.0686. The maximum Gasteiger partial charge on any atom is 0.160 e. The van der Waals surface area contributed by atoms with Gasteiger partial charge in [0.25, 0.3) is 0 Å². The fourth-order valence-electron chi connectivity index (χ4n) is 1.63. The molecule has 1 heterocycles. The number of nitrogens with two attached hydrogens (primary N) is 1. The van der Waals surface area contributed by atoms with E-state index < -0.39 is 15.1 Å². The number of hydrogen-bond acceptors (Lipinski definition) is 5. The molecule has 0 amide bonds. The normalized spacial score (nSPS) is 14.1. The van der Waals surface area contributed by atoms with E-state index in [2.05, 4.69) is 23.9 Å². The van der Waals surface area contributed by atoms with Crippen LogP contribution in [-0.2, 0) is 22.1 Å². The molecule has 6 nitrogen and oxygen atoms in total. The largest absolute Gasteiger partial charge is 0.330 e. The third-order valence-electron chi connectivity index (χ3n) is 2.75. The fourth-order valence-corrected chi connectivity index (χ4v) is 3.00. The zero-order valence-electron chi connectivity index (χ0n) is 11.2. The lowest BCUT2D eigenvalue weighted by atomic mass is 10.2. The van der Waals surface area contributed by atoms with Crippen LogP contribution in [0.2, 0.25) is 0 Å². The molecule has 0 aliphatic heterocycles. The van der Waals surface area contributed by atoms with Crippen molar-refractivity contribution in [3.63, 3.8) is 0 Å². The monoisotopic (exact) mass is 274 g/mol. The van der Waals surface area contributed by atoms with E-state index in [1.165, 1.54) is 6.33 Å². The summed E-state index contributed by atoms with van der Waals surface area (Å²) >= 11 is 0. The zero-order chi connectivity index (χ0) is 13.8. The molecule has 0 saturated heterocycles. The predicted molar refractivity (Wildman–Crippen MR) is 70.6 cm³/mol. The first-order chi connectivity index (χ1) is 8.36. The number of rotatable bonds is 7. The second-order valence-corrected chi connectivity index (χ2v) is 7.37. The highest BCUT2D eigenvalue weighted by Crippen LogP contribution is 2.12. The lowest BCUT2D eigenvalue weighted by Crippen LogP contribution is -2.24. The molecule has 0 saturated carbocycles. The molecule has 1 rings (SSSR count). The maximum atomic E-state index is 12.1. The third-order valence-corrected chi connectivity index (χ3v) is 4.87. The predicted octanol–water partition coefficient (Wildman–Crippen LogP) is 0.586. The average molecular weight is 274 g/mol. The van der Waals surface area contributed by atoms with Crippen molar-refractivity contribution in [3.05, 3.63) is 12.2 Å². The SMILES string of the molecule is CC(C)Cn1ncnc1CS(=O)(=O)C(C)CCN. The maximum absolute atomic E-state index is 12.1. The Balaban J connectivity index is 2.81. The molecule has 1 atom stereocenters. The molecule has 1 aromatic rings. The van der Waals surface area contributed by atoms with Crippen LogP contribution in [-0.4, -0.2) is 35.0 Å². The second-order valence-electron chi connectivity index (χ2n) is 4.95. The summed E-state index contributed by atoms with van der Waals surface area (Å²) in [7, 11) is -3.21. The molecular formula is C11H22N4O2S. The van der Waals surface area contributed by atoms with E-state index in [1.54, 1.807) is 11.6 Å². The van der Waals surface area contributed by atoms with Crippen LogP contribution in [0, 0.1) is 5.92 Å². The van der Waals surface area contributed by atoms with Gasteiger partial charge in [-0.05, 0) is 25.8 Å². The Morgan fingerprint density at radius 3 is 2.61 bits per heavy atom. The quantitative estimate of drug-likeness (QED) is 0.785. The molecule has 18 heavy (non-hydrogen) atoms.